The van der Waals surface area contributed by atoms with E-state index >= 15 is 0 Å². The summed E-state index contributed by atoms with van der Waals surface area (Å²) in [5.41, 5.74) is 10.1. The molecule has 1 fully saturated rings. The number of fused-ring (bicyclic) bond motifs is 3. The molecule has 4 rings (SSSR count). The van der Waals surface area contributed by atoms with Gasteiger partial charge in [0.15, 0.2) is 0 Å². The van der Waals surface area contributed by atoms with Crippen molar-refractivity contribution in [2.24, 2.45) is 5.73 Å². The second kappa shape index (κ2) is 4.52. The molecule has 20 heavy (non-hydrogen) atoms. The zero-order valence-corrected chi connectivity index (χ0v) is 11.9. The number of nitrogens with two attached hydrogens (primary N) is 1. The van der Waals surface area contributed by atoms with E-state index in [1.165, 1.54) is 11.1 Å². The number of anilines is 1. The SMILES string of the molecule is NC1Nc2ccccc2C2(c3ccccc3)SCCN12. The Balaban J connectivity index is 1.99. The Hall–Kier alpha value is -1.49. The summed E-state index contributed by atoms with van der Waals surface area (Å²) >= 11 is 1.98. The lowest BCUT2D eigenvalue weighted by Crippen LogP contribution is -2.57. The average Bonchev–Trinajstić information content (AvgIpc) is 2.95. The van der Waals surface area contributed by atoms with E-state index in [9.17, 15) is 0 Å². The van der Waals surface area contributed by atoms with Crippen LogP contribution in [0, 0.1) is 0 Å². The summed E-state index contributed by atoms with van der Waals surface area (Å²) in [5.74, 6) is 1.10. The van der Waals surface area contributed by atoms with Crippen molar-refractivity contribution in [2.75, 3.05) is 17.6 Å². The first-order valence-corrected chi connectivity index (χ1v) is 7.89. The summed E-state index contributed by atoms with van der Waals surface area (Å²) in [6.07, 6.45) is -0.139. The quantitative estimate of drug-likeness (QED) is 0.844. The number of hydrogen-bond donors (Lipinski definition) is 2. The second-order valence-electron chi connectivity index (χ2n) is 5.19. The van der Waals surface area contributed by atoms with Crippen molar-refractivity contribution in [2.45, 2.75) is 11.2 Å². The molecule has 2 atom stereocenters. The van der Waals surface area contributed by atoms with Gasteiger partial charge in [-0.05, 0) is 11.6 Å². The molecule has 2 unspecified atom stereocenters. The van der Waals surface area contributed by atoms with Crippen molar-refractivity contribution in [3.63, 3.8) is 0 Å². The lowest BCUT2D eigenvalue weighted by molar-refractivity contribution is 0.167. The van der Waals surface area contributed by atoms with Crippen molar-refractivity contribution in [3.8, 4) is 0 Å². The molecule has 0 bridgehead atoms. The molecule has 0 saturated carbocycles. The summed E-state index contributed by atoms with van der Waals surface area (Å²) < 4.78 is 0. The van der Waals surface area contributed by atoms with Crippen LogP contribution < -0.4 is 11.1 Å². The van der Waals surface area contributed by atoms with E-state index in [2.05, 4.69) is 64.8 Å². The summed E-state index contributed by atoms with van der Waals surface area (Å²) in [4.78, 5) is 2.22. The summed E-state index contributed by atoms with van der Waals surface area (Å²) in [5, 5.41) is 3.42. The summed E-state index contributed by atoms with van der Waals surface area (Å²) in [7, 11) is 0. The minimum absolute atomic E-state index is 0.139. The lowest BCUT2D eigenvalue weighted by Gasteiger charge is -2.47. The highest BCUT2D eigenvalue weighted by Crippen LogP contribution is 2.54. The highest BCUT2D eigenvalue weighted by atomic mass is 32.2. The average molecular weight is 283 g/mol. The number of rotatable bonds is 1. The molecule has 2 aliphatic heterocycles. The Morgan fingerprint density at radius 2 is 1.85 bits per heavy atom. The molecular formula is C16H17N3S. The van der Waals surface area contributed by atoms with Crippen molar-refractivity contribution in [3.05, 3.63) is 65.7 Å². The zero-order chi connectivity index (χ0) is 13.6. The molecule has 0 aliphatic carbocycles. The fourth-order valence-corrected chi connectivity index (χ4v) is 4.90. The van der Waals surface area contributed by atoms with Gasteiger partial charge in [-0.25, -0.2) is 4.90 Å². The molecule has 0 spiro atoms. The Kier molecular flexibility index (Phi) is 2.77. The maximum absolute atomic E-state index is 6.36. The first-order valence-electron chi connectivity index (χ1n) is 6.90. The van der Waals surface area contributed by atoms with Crippen LogP contribution in [0.15, 0.2) is 54.6 Å². The summed E-state index contributed by atoms with van der Waals surface area (Å²) in [6, 6.07) is 19.2. The van der Waals surface area contributed by atoms with Crippen LogP contribution in [0.25, 0.3) is 0 Å². The third kappa shape index (κ3) is 1.56. The normalized spacial score (nSPS) is 28.6. The standard InChI is InChI=1S/C16H17N3S/c17-15-18-14-9-5-4-8-13(14)16(19(15)10-11-20-16)12-6-2-1-3-7-12/h1-9,15,18H,10-11,17H2. The van der Waals surface area contributed by atoms with Gasteiger partial charge in [0.25, 0.3) is 0 Å². The number of benzene rings is 2. The lowest BCUT2D eigenvalue weighted by atomic mass is 9.93. The Morgan fingerprint density at radius 1 is 1.10 bits per heavy atom. The molecule has 2 aromatic rings. The van der Waals surface area contributed by atoms with Crippen molar-refractivity contribution >= 4 is 17.4 Å². The minimum atomic E-state index is -0.150. The van der Waals surface area contributed by atoms with Gasteiger partial charge < -0.3 is 5.32 Å². The monoisotopic (exact) mass is 283 g/mol. The molecular weight excluding hydrogens is 266 g/mol. The molecule has 0 aromatic heterocycles. The zero-order valence-electron chi connectivity index (χ0n) is 11.1. The van der Waals surface area contributed by atoms with Gasteiger partial charge in [-0.3, -0.25) is 5.73 Å². The molecule has 2 aromatic carbocycles. The van der Waals surface area contributed by atoms with Crippen LogP contribution in [-0.4, -0.2) is 23.5 Å². The van der Waals surface area contributed by atoms with Gasteiger partial charge in [0, 0.05) is 23.5 Å². The van der Waals surface area contributed by atoms with E-state index < -0.39 is 0 Å². The Bertz CT molecular complexity index is 631. The van der Waals surface area contributed by atoms with E-state index in [4.69, 9.17) is 5.73 Å². The first-order chi connectivity index (χ1) is 9.82. The Labute approximate surface area is 123 Å². The van der Waals surface area contributed by atoms with E-state index in [-0.39, 0.29) is 11.2 Å². The third-order valence-corrected chi connectivity index (χ3v) is 5.64. The maximum atomic E-state index is 6.36. The van der Waals surface area contributed by atoms with Crippen molar-refractivity contribution in [1.29, 1.82) is 0 Å². The largest absolute Gasteiger partial charge is 0.357 e. The Morgan fingerprint density at radius 3 is 2.70 bits per heavy atom. The van der Waals surface area contributed by atoms with Gasteiger partial charge in [-0.2, -0.15) is 0 Å². The molecule has 0 amide bonds. The van der Waals surface area contributed by atoms with Crippen LogP contribution in [0.2, 0.25) is 0 Å². The third-order valence-electron chi connectivity index (χ3n) is 4.14. The molecule has 0 radical (unpaired) electrons. The molecule has 2 heterocycles. The molecule has 102 valence electrons. The minimum Gasteiger partial charge on any atom is -0.357 e. The smallest absolute Gasteiger partial charge is 0.134 e. The van der Waals surface area contributed by atoms with E-state index in [1.54, 1.807) is 0 Å². The molecule has 2 aliphatic rings. The molecule has 4 heteroatoms. The maximum Gasteiger partial charge on any atom is 0.134 e. The van der Waals surface area contributed by atoms with Crippen LogP contribution >= 0.6 is 11.8 Å². The predicted molar refractivity (Wildman–Crippen MR) is 84.4 cm³/mol. The van der Waals surface area contributed by atoms with Crippen LogP contribution in [0.1, 0.15) is 11.1 Å². The topological polar surface area (TPSA) is 41.3 Å². The van der Waals surface area contributed by atoms with Gasteiger partial charge in [0.05, 0.1) is 0 Å². The number of hydrogen-bond acceptors (Lipinski definition) is 4. The summed E-state index contributed by atoms with van der Waals surface area (Å²) in [6.45, 7) is 1.00. The van der Waals surface area contributed by atoms with Gasteiger partial charge in [-0.15, -0.1) is 11.8 Å². The van der Waals surface area contributed by atoms with Crippen LogP contribution in [0.4, 0.5) is 5.69 Å². The first kappa shape index (κ1) is 12.3. The highest BCUT2D eigenvalue weighted by molar-refractivity contribution is 8.00. The van der Waals surface area contributed by atoms with Crippen LogP contribution in [0.3, 0.4) is 0 Å². The van der Waals surface area contributed by atoms with Crippen molar-refractivity contribution in [1.82, 2.24) is 4.90 Å². The number of nitrogens with one attached hydrogen (secondary N) is 1. The van der Waals surface area contributed by atoms with Crippen molar-refractivity contribution < 1.29 is 0 Å². The van der Waals surface area contributed by atoms with Crippen LogP contribution in [0.5, 0.6) is 0 Å². The molecule has 3 nitrogen and oxygen atoms in total. The highest BCUT2D eigenvalue weighted by Gasteiger charge is 2.50. The molecule has 1 saturated heterocycles. The fraction of sp³-hybridized carbons (Fsp3) is 0.250. The number of nitrogens with zero attached hydrogens (tertiary/aromatic N) is 1. The predicted octanol–water partition coefficient (Wildman–Crippen LogP) is 2.60. The van der Waals surface area contributed by atoms with Gasteiger partial charge in [0.1, 0.15) is 11.2 Å². The number of para-hydroxylation sites is 1. The van der Waals surface area contributed by atoms with Gasteiger partial charge >= 0.3 is 0 Å². The van der Waals surface area contributed by atoms with E-state index in [0.29, 0.717) is 0 Å². The number of thioether (sulfide) groups is 1. The fourth-order valence-electron chi connectivity index (χ4n) is 3.31. The van der Waals surface area contributed by atoms with E-state index in [0.717, 1.165) is 18.0 Å². The van der Waals surface area contributed by atoms with Gasteiger partial charge in [-0.1, -0.05) is 48.5 Å². The second-order valence-corrected chi connectivity index (χ2v) is 6.47. The van der Waals surface area contributed by atoms with Crippen LogP contribution in [-0.2, 0) is 4.87 Å². The van der Waals surface area contributed by atoms with E-state index in [1.807, 2.05) is 11.8 Å². The molecule has 3 N–H and O–H groups in total. The van der Waals surface area contributed by atoms with Gasteiger partial charge in [0.2, 0.25) is 0 Å².